The summed E-state index contributed by atoms with van der Waals surface area (Å²) in [7, 11) is 0. The fourth-order valence-electron chi connectivity index (χ4n) is 1.89. The highest BCUT2D eigenvalue weighted by Crippen LogP contribution is 2.23. The van der Waals surface area contributed by atoms with Crippen molar-refractivity contribution in [1.82, 2.24) is 10.3 Å². The van der Waals surface area contributed by atoms with Crippen LogP contribution in [0.3, 0.4) is 0 Å². The summed E-state index contributed by atoms with van der Waals surface area (Å²) in [5, 5.41) is 5.33. The number of hydrogen-bond donors (Lipinski definition) is 1. The molecule has 1 heterocycles. The van der Waals surface area contributed by atoms with E-state index in [2.05, 4.69) is 10.3 Å². The van der Waals surface area contributed by atoms with E-state index >= 15 is 0 Å². The van der Waals surface area contributed by atoms with E-state index in [0.717, 1.165) is 23.4 Å². The topological polar surface area (TPSA) is 24.9 Å². The SMILES string of the molecule is CCNC(c1cc(C)cc(F)c1)c1cscn1. The largest absolute Gasteiger partial charge is 0.305 e. The van der Waals surface area contributed by atoms with Crippen molar-refractivity contribution in [2.24, 2.45) is 0 Å². The lowest BCUT2D eigenvalue weighted by molar-refractivity contribution is 0.596. The molecule has 17 heavy (non-hydrogen) atoms. The molecule has 1 atom stereocenters. The molecule has 4 heteroatoms. The fourth-order valence-corrected chi connectivity index (χ4v) is 2.47. The molecular formula is C13H15FN2S. The van der Waals surface area contributed by atoms with Gasteiger partial charge in [-0.15, -0.1) is 11.3 Å². The molecule has 0 amide bonds. The van der Waals surface area contributed by atoms with Gasteiger partial charge in [-0.2, -0.15) is 0 Å². The second kappa shape index (κ2) is 5.38. The average molecular weight is 250 g/mol. The molecule has 2 rings (SSSR count). The minimum atomic E-state index is -0.196. The lowest BCUT2D eigenvalue weighted by Crippen LogP contribution is -2.22. The Labute approximate surface area is 105 Å². The molecule has 2 aromatic rings. The number of aryl methyl sites for hydroxylation is 1. The van der Waals surface area contributed by atoms with E-state index in [0.29, 0.717) is 0 Å². The zero-order chi connectivity index (χ0) is 12.3. The summed E-state index contributed by atoms with van der Waals surface area (Å²) in [6.45, 7) is 4.75. The highest BCUT2D eigenvalue weighted by molar-refractivity contribution is 7.07. The summed E-state index contributed by atoms with van der Waals surface area (Å²) < 4.78 is 13.4. The van der Waals surface area contributed by atoms with E-state index < -0.39 is 0 Å². The van der Waals surface area contributed by atoms with Crippen LogP contribution in [0.25, 0.3) is 0 Å². The Morgan fingerprint density at radius 2 is 2.24 bits per heavy atom. The predicted octanol–water partition coefficient (Wildman–Crippen LogP) is 3.29. The summed E-state index contributed by atoms with van der Waals surface area (Å²) in [6, 6.07) is 5.07. The molecule has 0 saturated carbocycles. The van der Waals surface area contributed by atoms with Crippen LogP contribution in [0.5, 0.6) is 0 Å². The van der Waals surface area contributed by atoms with Crippen LogP contribution in [0.2, 0.25) is 0 Å². The molecule has 0 bridgehead atoms. The van der Waals surface area contributed by atoms with Gasteiger partial charge in [-0.05, 0) is 36.7 Å². The van der Waals surface area contributed by atoms with E-state index in [1.54, 1.807) is 22.9 Å². The summed E-state index contributed by atoms with van der Waals surface area (Å²) in [5.74, 6) is -0.196. The smallest absolute Gasteiger partial charge is 0.123 e. The number of aromatic nitrogens is 1. The number of benzene rings is 1. The maximum Gasteiger partial charge on any atom is 0.123 e. The Kier molecular flexibility index (Phi) is 3.86. The lowest BCUT2D eigenvalue weighted by Gasteiger charge is -2.17. The first-order valence-electron chi connectivity index (χ1n) is 5.59. The molecule has 0 saturated heterocycles. The second-order valence-electron chi connectivity index (χ2n) is 3.97. The molecule has 0 fully saturated rings. The number of rotatable bonds is 4. The van der Waals surface area contributed by atoms with Crippen LogP contribution in [0.4, 0.5) is 4.39 Å². The van der Waals surface area contributed by atoms with Crippen LogP contribution >= 0.6 is 11.3 Å². The molecule has 0 spiro atoms. The number of nitrogens with zero attached hydrogens (tertiary/aromatic N) is 1. The fraction of sp³-hybridized carbons (Fsp3) is 0.308. The van der Waals surface area contributed by atoms with Crippen molar-refractivity contribution < 1.29 is 4.39 Å². The summed E-state index contributed by atoms with van der Waals surface area (Å²) >= 11 is 1.55. The van der Waals surface area contributed by atoms with Crippen LogP contribution in [-0.2, 0) is 0 Å². The molecule has 1 N–H and O–H groups in total. The van der Waals surface area contributed by atoms with Crippen LogP contribution in [0, 0.1) is 12.7 Å². The van der Waals surface area contributed by atoms with Crippen molar-refractivity contribution in [1.29, 1.82) is 0 Å². The number of thiazole rings is 1. The Hall–Kier alpha value is -1.26. The van der Waals surface area contributed by atoms with E-state index in [-0.39, 0.29) is 11.9 Å². The van der Waals surface area contributed by atoms with E-state index in [9.17, 15) is 4.39 Å². The van der Waals surface area contributed by atoms with Crippen LogP contribution in [0.15, 0.2) is 29.1 Å². The quantitative estimate of drug-likeness (QED) is 0.900. The predicted molar refractivity (Wildman–Crippen MR) is 68.8 cm³/mol. The van der Waals surface area contributed by atoms with Crippen molar-refractivity contribution in [3.63, 3.8) is 0 Å². The first-order valence-corrected chi connectivity index (χ1v) is 6.53. The van der Waals surface area contributed by atoms with Gasteiger partial charge in [0, 0.05) is 5.38 Å². The number of nitrogens with one attached hydrogen (secondary N) is 1. The minimum Gasteiger partial charge on any atom is -0.305 e. The third-order valence-corrected chi connectivity index (χ3v) is 3.16. The van der Waals surface area contributed by atoms with Gasteiger partial charge < -0.3 is 5.32 Å². The number of halogens is 1. The first-order chi connectivity index (χ1) is 8.20. The van der Waals surface area contributed by atoms with E-state index in [1.807, 2.05) is 25.3 Å². The van der Waals surface area contributed by atoms with E-state index in [1.165, 1.54) is 6.07 Å². The zero-order valence-electron chi connectivity index (χ0n) is 9.90. The van der Waals surface area contributed by atoms with Gasteiger partial charge >= 0.3 is 0 Å². The minimum absolute atomic E-state index is 0.0272. The van der Waals surface area contributed by atoms with Crippen LogP contribution in [0.1, 0.15) is 29.8 Å². The molecular weight excluding hydrogens is 235 g/mol. The summed E-state index contributed by atoms with van der Waals surface area (Å²) in [5.41, 5.74) is 4.60. The van der Waals surface area contributed by atoms with Gasteiger partial charge in [-0.3, -0.25) is 0 Å². The molecule has 90 valence electrons. The van der Waals surface area contributed by atoms with Crippen molar-refractivity contribution in [2.45, 2.75) is 19.9 Å². The first kappa shape index (κ1) is 12.2. The maximum atomic E-state index is 13.4. The van der Waals surface area contributed by atoms with Crippen molar-refractivity contribution >= 4 is 11.3 Å². The molecule has 1 aromatic heterocycles. The van der Waals surface area contributed by atoms with Crippen molar-refractivity contribution in [2.75, 3.05) is 6.54 Å². The van der Waals surface area contributed by atoms with Crippen molar-refractivity contribution in [3.05, 3.63) is 51.7 Å². The zero-order valence-corrected chi connectivity index (χ0v) is 10.7. The molecule has 1 aromatic carbocycles. The van der Waals surface area contributed by atoms with Gasteiger partial charge in [0.25, 0.3) is 0 Å². The number of hydrogen-bond acceptors (Lipinski definition) is 3. The van der Waals surface area contributed by atoms with Gasteiger partial charge in [-0.25, -0.2) is 9.37 Å². The Morgan fingerprint density at radius 1 is 1.41 bits per heavy atom. The lowest BCUT2D eigenvalue weighted by atomic mass is 10.0. The molecule has 1 unspecified atom stereocenters. The van der Waals surface area contributed by atoms with Crippen LogP contribution in [-0.4, -0.2) is 11.5 Å². The van der Waals surface area contributed by atoms with Gasteiger partial charge in [0.05, 0.1) is 17.2 Å². The van der Waals surface area contributed by atoms with Crippen LogP contribution < -0.4 is 5.32 Å². The normalized spacial score (nSPS) is 12.6. The summed E-state index contributed by atoms with van der Waals surface area (Å²) in [6.07, 6.45) is 0. The highest BCUT2D eigenvalue weighted by atomic mass is 32.1. The average Bonchev–Trinajstić information content (AvgIpc) is 2.77. The second-order valence-corrected chi connectivity index (χ2v) is 4.68. The molecule has 0 aliphatic carbocycles. The van der Waals surface area contributed by atoms with Crippen molar-refractivity contribution in [3.8, 4) is 0 Å². The summed E-state index contributed by atoms with van der Waals surface area (Å²) in [4.78, 5) is 4.30. The van der Waals surface area contributed by atoms with Gasteiger partial charge in [0.15, 0.2) is 0 Å². The van der Waals surface area contributed by atoms with E-state index in [4.69, 9.17) is 0 Å². The Morgan fingerprint density at radius 3 is 2.82 bits per heavy atom. The highest BCUT2D eigenvalue weighted by Gasteiger charge is 2.15. The Bertz CT molecular complexity index is 462. The Balaban J connectivity index is 2.38. The molecule has 0 aliphatic heterocycles. The molecule has 0 radical (unpaired) electrons. The monoisotopic (exact) mass is 250 g/mol. The molecule has 0 aliphatic rings. The van der Waals surface area contributed by atoms with Gasteiger partial charge in [0.1, 0.15) is 5.82 Å². The standard InChI is InChI=1S/C13H15FN2S/c1-3-15-13(12-7-17-8-16-12)10-4-9(2)5-11(14)6-10/h4-8,13,15H,3H2,1-2H3. The molecule has 2 nitrogen and oxygen atoms in total. The van der Waals surface area contributed by atoms with Gasteiger partial charge in [0.2, 0.25) is 0 Å². The van der Waals surface area contributed by atoms with Gasteiger partial charge in [-0.1, -0.05) is 13.0 Å². The third-order valence-electron chi connectivity index (χ3n) is 2.55. The third kappa shape index (κ3) is 2.90. The maximum absolute atomic E-state index is 13.4.